The Morgan fingerprint density at radius 1 is 0.885 bits per heavy atom. The summed E-state index contributed by atoms with van der Waals surface area (Å²) >= 11 is 0. The van der Waals surface area contributed by atoms with Crippen molar-refractivity contribution in [3.8, 4) is 0 Å². The monoisotopic (exact) mass is 378 g/mol. The van der Waals surface area contributed by atoms with Gasteiger partial charge in [-0.1, -0.05) is 12.1 Å². The van der Waals surface area contributed by atoms with Crippen molar-refractivity contribution in [2.24, 2.45) is 0 Å². The largest absolute Gasteiger partial charge is 0.368 e. The van der Waals surface area contributed by atoms with Crippen LogP contribution in [0.3, 0.4) is 0 Å². The van der Waals surface area contributed by atoms with Crippen LogP contribution in [0.5, 0.6) is 0 Å². The minimum absolute atomic E-state index is 0.0338. The molecular weight excluding hydrogens is 358 g/mol. The number of hydrogen-bond acceptors (Lipinski definition) is 3. The Hall–Kier alpha value is -2.28. The van der Waals surface area contributed by atoms with Crippen LogP contribution >= 0.6 is 0 Å². The van der Waals surface area contributed by atoms with Gasteiger partial charge in [-0.25, -0.2) is 8.78 Å². The summed E-state index contributed by atoms with van der Waals surface area (Å²) < 4.78 is 38.1. The molecule has 0 bridgehead atoms. The minimum Gasteiger partial charge on any atom is -0.368 e. The predicted molar refractivity (Wildman–Crippen MR) is 98.3 cm³/mol. The first-order valence-electron chi connectivity index (χ1n) is 8.39. The Morgan fingerprint density at radius 2 is 1.42 bits per heavy atom. The molecule has 0 spiro atoms. The van der Waals surface area contributed by atoms with E-state index in [1.165, 1.54) is 24.3 Å². The lowest BCUT2D eigenvalue weighted by Gasteiger charge is -2.36. The first kappa shape index (κ1) is 18.5. The second kappa shape index (κ2) is 8.40. The van der Waals surface area contributed by atoms with E-state index in [1.807, 2.05) is 0 Å². The Kier molecular flexibility index (Phi) is 5.98. The maximum absolute atomic E-state index is 13.0. The van der Waals surface area contributed by atoms with Crippen LogP contribution < -0.4 is 4.90 Å². The van der Waals surface area contributed by atoms with Crippen LogP contribution in [0.1, 0.15) is 5.56 Å². The smallest absolute Gasteiger partial charge is 0.235 e. The van der Waals surface area contributed by atoms with Crippen LogP contribution in [0.2, 0.25) is 0 Å². The molecule has 3 rings (SSSR count). The van der Waals surface area contributed by atoms with E-state index >= 15 is 0 Å². The fourth-order valence-electron chi connectivity index (χ4n) is 2.91. The summed E-state index contributed by atoms with van der Waals surface area (Å²) in [7, 11) is -1.33. The predicted octanol–water partition coefficient (Wildman–Crippen LogP) is 2.56. The molecule has 1 heterocycles. The summed E-state index contributed by atoms with van der Waals surface area (Å²) in [5.41, 5.74) is 1.68. The van der Waals surface area contributed by atoms with Crippen molar-refractivity contribution in [3.63, 3.8) is 0 Å². The first-order chi connectivity index (χ1) is 12.5. The number of rotatable bonds is 5. The lowest BCUT2D eigenvalue weighted by Crippen LogP contribution is -2.50. The molecule has 0 saturated carbocycles. The first-order valence-corrected chi connectivity index (χ1v) is 9.88. The summed E-state index contributed by atoms with van der Waals surface area (Å²) in [5, 5.41) is 0. The maximum atomic E-state index is 13.0. The second-order valence-electron chi connectivity index (χ2n) is 6.20. The highest BCUT2D eigenvalue weighted by atomic mass is 32.2. The molecule has 26 heavy (non-hydrogen) atoms. The average Bonchev–Trinajstić information content (AvgIpc) is 2.64. The van der Waals surface area contributed by atoms with Gasteiger partial charge in [-0.05, 0) is 42.0 Å². The Morgan fingerprint density at radius 3 is 2.00 bits per heavy atom. The van der Waals surface area contributed by atoms with Gasteiger partial charge in [-0.2, -0.15) is 0 Å². The van der Waals surface area contributed by atoms with E-state index in [-0.39, 0.29) is 29.0 Å². The number of amides is 1. The highest BCUT2D eigenvalue weighted by Gasteiger charge is 2.22. The van der Waals surface area contributed by atoms with Crippen LogP contribution in [0.4, 0.5) is 14.5 Å². The number of piperazine rings is 1. The lowest BCUT2D eigenvalue weighted by atomic mass is 10.2. The topological polar surface area (TPSA) is 40.6 Å². The fraction of sp³-hybridized carbons (Fsp3) is 0.316. The van der Waals surface area contributed by atoms with Crippen LogP contribution in [0.25, 0.3) is 0 Å². The number of carbonyl (C=O) groups is 1. The molecule has 0 unspecified atom stereocenters. The van der Waals surface area contributed by atoms with Crippen molar-refractivity contribution >= 4 is 22.4 Å². The van der Waals surface area contributed by atoms with E-state index in [2.05, 4.69) is 4.90 Å². The standard InChI is InChI=1S/C19H20F2N2O2S/c20-16-3-1-15(2-4-16)13-26(25)14-19(24)23-11-9-22(10-12-23)18-7-5-17(21)6-8-18/h1-8H,9-14H2/t26-/m0/s1. The number of anilines is 1. The zero-order valence-corrected chi connectivity index (χ0v) is 15.1. The van der Waals surface area contributed by atoms with Crippen molar-refractivity contribution in [1.82, 2.24) is 4.90 Å². The maximum Gasteiger partial charge on any atom is 0.235 e. The molecule has 1 aliphatic heterocycles. The van der Waals surface area contributed by atoms with E-state index in [4.69, 9.17) is 0 Å². The van der Waals surface area contributed by atoms with Crippen LogP contribution in [0, 0.1) is 11.6 Å². The van der Waals surface area contributed by atoms with E-state index in [0.29, 0.717) is 26.2 Å². The summed E-state index contributed by atoms with van der Waals surface area (Å²) in [6.07, 6.45) is 0. The van der Waals surface area contributed by atoms with Gasteiger partial charge >= 0.3 is 0 Å². The lowest BCUT2D eigenvalue weighted by molar-refractivity contribution is -0.128. The number of halogens is 2. The van der Waals surface area contributed by atoms with Crippen LogP contribution in [-0.2, 0) is 21.3 Å². The zero-order valence-electron chi connectivity index (χ0n) is 14.2. The second-order valence-corrected chi connectivity index (χ2v) is 7.66. The van der Waals surface area contributed by atoms with Crippen molar-refractivity contribution in [1.29, 1.82) is 0 Å². The van der Waals surface area contributed by atoms with Gasteiger partial charge in [0.05, 0.1) is 0 Å². The molecule has 0 aliphatic carbocycles. The van der Waals surface area contributed by atoms with Gasteiger partial charge in [-0.15, -0.1) is 0 Å². The number of nitrogens with zero attached hydrogens (tertiary/aromatic N) is 2. The van der Waals surface area contributed by atoms with Gasteiger partial charge in [0.1, 0.15) is 17.4 Å². The zero-order chi connectivity index (χ0) is 18.5. The third-order valence-electron chi connectivity index (χ3n) is 4.35. The molecule has 1 amide bonds. The normalized spacial score (nSPS) is 15.8. The summed E-state index contributed by atoms with van der Waals surface area (Å²) in [5.74, 6) is -0.541. The molecule has 1 saturated heterocycles. The Balaban J connectivity index is 1.48. The third-order valence-corrected chi connectivity index (χ3v) is 5.57. The summed E-state index contributed by atoms with van der Waals surface area (Å²) in [6, 6.07) is 12.1. The van der Waals surface area contributed by atoms with Gasteiger partial charge in [0.25, 0.3) is 0 Å². The molecule has 7 heteroatoms. The molecule has 1 atom stereocenters. The number of carbonyl (C=O) groups excluding carboxylic acids is 1. The quantitative estimate of drug-likeness (QED) is 0.803. The van der Waals surface area contributed by atoms with E-state index in [9.17, 15) is 17.8 Å². The summed E-state index contributed by atoms with van der Waals surface area (Å²) in [6.45, 7) is 2.40. The molecule has 1 fully saturated rings. The molecule has 2 aromatic rings. The summed E-state index contributed by atoms with van der Waals surface area (Å²) in [4.78, 5) is 16.2. The van der Waals surface area contributed by atoms with E-state index in [1.54, 1.807) is 29.2 Å². The molecule has 2 aromatic carbocycles. The van der Waals surface area contributed by atoms with Gasteiger partial charge in [-0.3, -0.25) is 9.00 Å². The number of hydrogen-bond donors (Lipinski definition) is 0. The highest BCUT2D eigenvalue weighted by molar-refractivity contribution is 7.84. The third kappa shape index (κ3) is 4.88. The van der Waals surface area contributed by atoms with Crippen LogP contribution in [-0.4, -0.2) is 46.9 Å². The van der Waals surface area contributed by atoms with Crippen molar-refractivity contribution in [2.45, 2.75) is 5.75 Å². The van der Waals surface area contributed by atoms with Crippen molar-refractivity contribution in [2.75, 3.05) is 36.8 Å². The van der Waals surface area contributed by atoms with Gasteiger partial charge < -0.3 is 9.80 Å². The molecule has 0 radical (unpaired) electrons. The molecule has 138 valence electrons. The Bertz CT molecular complexity index is 773. The highest BCUT2D eigenvalue weighted by Crippen LogP contribution is 2.17. The molecular formula is C19H20F2N2O2S. The van der Waals surface area contributed by atoms with E-state index < -0.39 is 10.8 Å². The number of benzene rings is 2. The Labute approximate surface area is 153 Å². The molecule has 1 aliphatic rings. The SMILES string of the molecule is O=C(C[S@@](=O)Cc1ccc(F)cc1)N1CCN(c2ccc(F)cc2)CC1. The average molecular weight is 378 g/mol. The van der Waals surface area contributed by atoms with Crippen molar-refractivity contribution in [3.05, 3.63) is 65.7 Å². The molecule has 0 aromatic heterocycles. The fourth-order valence-corrected chi connectivity index (χ4v) is 4.04. The van der Waals surface area contributed by atoms with Gasteiger partial charge in [0.2, 0.25) is 5.91 Å². The van der Waals surface area contributed by atoms with Gasteiger partial charge in [0, 0.05) is 48.4 Å². The van der Waals surface area contributed by atoms with Crippen molar-refractivity contribution < 1.29 is 17.8 Å². The molecule has 0 N–H and O–H groups in total. The van der Waals surface area contributed by atoms with E-state index in [0.717, 1.165) is 11.3 Å². The minimum atomic E-state index is -1.33. The van der Waals surface area contributed by atoms with Gasteiger partial charge in [0.15, 0.2) is 0 Å². The molecule has 4 nitrogen and oxygen atoms in total. The van der Waals surface area contributed by atoms with Crippen LogP contribution in [0.15, 0.2) is 48.5 Å².